The Bertz CT molecular complexity index is 283. The molecular weight excluding hydrogens is 212 g/mol. The molecule has 0 radical (unpaired) electrons. The molecular formula is C10H18N2O2S. The summed E-state index contributed by atoms with van der Waals surface area (Å²) in [4.78, 5) is 12.0. The fourth-order valence-corrected chi connectivity index (χ4v) is 1.62. The Morgan fingerprint density at radius 3 is 2.73 bits per heavy atom. The second kappa shape index (κ2) is 4.45. The van der Waals surface area contributed by atoms with Crippen molar-refractivity contribution in [2.75, 3.05) is 6.61 Å². The summed E-state index contributed by atoms with van der Waals surface area (Å²) in [5.74, 6) is -0.549. The van der Waals surface area contributed by atoms with Crippen LogP contribution < -0.4 is 11.1 Å². The van der Waals surface area contributed by atoms with Crippen molar-refractivity contribution >= 4 is 23.1 Å². The van der Waals surface area contributed by atoms with Crippen molar-refractivity contribution in [2.24, 2.45) is 11.7 Å². The Balaban J connectivity index is 2.61. The van der Waals surface area contributed by atoms with Gasteiger partial charge in [0.05, 0.1) is 22.5 Å². The maximum atomic E-state index is 11.8. The number of carbonyl (C=O) groups is 1. The Hall–Kier alpha value is -0.680. The number of nitrogens with two attached hydrogens (primary N) is 1. The van der Waals surface area contributed by atoms with Gasteiger partial charge in [0.15, 0.2) is 0 Å². The van der Waals surface area contributed by atoms with Gasteiger partial charge in [-0.15, -0.1) is 0 Å². The highest BCUT2D eigenvalue weighted by Gasteiger charge is 2.39. The first-order chi connectivity index (χ1) is 6.87. The van der Waals surface area contributed by atoms with E-state index in [1.165, 1.54) is 0 Å². The Morgan fingerprint density at radius 1 is 1.73 bits per heavy atom. The lowest BCUT2D eigenvalue weighted by Crippen LogP contribution is -2.53. The summed E-state index contributed by atoms with van der Waals surface area (Å²) in [5.41, 5.74) is 5.13. The number of amides is 1. The molecule has 1 heterocycles. The van der Waals surface area contributed by atoms with Crippen LogP contribution in [0.25, 0.3) is 0 Å². The van der Waals surface area contributed by atoms with Crippen LogP contribution in [0.15, 0.2) is 0 Å². The minimum Gasteiger partial charge on any atom is -0.393 e. The molecule has 0 saturated carbocycles. The molecule has 1 rings (SSSR count). The topological polar surface area (TPSA) is 64.3 Å². The van der Waals surface area contributed by atoms with E-state index in [1.54, 1.807) is 6.92 Å². The van der Waals surface area contributed by atoms with Crippen molar-refractivity contribution in [2.45, 2.75) is 38.8 Å². The first-order valence-corrected chi connectivity index (χ1v) is 5.50. The van der Waals surface area contributed by atoms with E-state index in [2.05, 4.69) is 5.32 Å². The maximum Gasteiger partial charge on any atom is 0.230 e. The first kappa shape index (κ1) is 12.4. The van der Waals surface area contributed by atoms with Crippen LogP contribution in [-0.4, -0.2) is 29.1 Å². The summed E-state index contributed by atoms with van der Waals surface area (Å²) in [5, 5.41) is 2.95. The van der Waals surface area contributed by atoms with Crippen molar-refractivity contribution in [3.63, 3.8) is 0 Å². The van der Waals surface area contributed by atoms with Crippen molar-refractivity contribution in [3.05, 3.63) is 0 Å². The lowest BCUT2D eigenvalue weighted by molar-refractivity contribution is -0.125. The van der Waals surface area contributed by atoms with Crippen molar-refractivity contribution in [3.8, 4) is 0 Å². The van der Waals surface area contributed by atoms with Crippen LogP contribution in [-0.2, 0) is 9.53 Å². The van der Waals surface area contributed by atoms with E-state index >= 15 is 0 Å². The number of nitrogens with one attached hydrogen (secondary N) is 1. The van der Waals surface area contributed by atoms with Gasteiger partial charge in [0.2, 0.25) is 5.91 Å². The molecule has 1 aliphatic heterocycles. The quantitative estimate of drug-likeness (QED) is 0.697. The molecule has 3 N–H and O–H groups in total. The molecule has 1 fully saturated rings. The predicted molar refractivity (Wildman–Crippen MR) is 62.5 cm³/mol. The highest BCUT2D eigenvalue weighted by atomic mass is 32.1. The van der Waals surface area contributed by atoms with E-state index in [0.29, 0.717) is 6.61 Å². The number of hydrogen-bond donors (Lipinski definition) is 2. The van der Waals surface area contributed by atoms with Crippen LogP contribution in [0.2, 0.25) is 0 Å². The molecule has 1 amide bonds. The average Bonchev–Trinajstić information content (AvgIpc) is 2.45. The molecule has 0 bridgehead atoms. The number of thiocarbonyl (C=S) groups is 1. The standard InChI is InChI=1S/C10H18N2O2S/c1-6(8(11)15)9(13)12-10(3)4-5-14-7(10)2/h6-7H,4-5H2,1-3H3,(H2,11,15)(H,12,13). The third kappa shape index (κ3) is 2.66. The molecule has 86 valence electrons. The Kier molecular flexibility index (Phi) is 3.67. The minimum atomic E-state index is -0.426. The molecule has 5 heteroatoms. The molecule has 3 unspecified atom stereocenters. The van der Waals surface area contributed by atoms with Gasteiger partial charge in [0.25, 0.3) is 0 Å². The second-order valence-corrected chi connectivity index (χ2v) is 4.77. The zero-order chi connectivity index (χ0) is 11.6. The maximum absolute atomic E-state index is 11.8. The molecule has 3 atom stereocenters. The van der Waals surface area contributed by atoms with Crippen LogP contribution in [0, 0.1) is 5.92 Å². The summed E-state index contributed by atoms with van der Waals surface area (Å²) in [6, 6.07) is 0. The summed E-state index contributed by atoms with van der Waals surface area (Å²) in [6.07, 6.45) is 0.851. The van der Waals surface area contributed by atoms with Gasteiger partial charge in [0, 0.05) is 6.61 Å². The third-order valence-corrected chi connectivity index (χ3v) is 3.47. The predicted octanol–water partition coefficient (Wildman–Crippen LogP) is 0.592. The molecule has 0 aliphatic carbocycles. The monoisotopic (exact) mass is 230 g/mol. The van der Waals surface area contributed by atoms with Gasteiger partial charge in [0.1, 0.15) is 0 Å². The van der Waals surface area contributed by atoms with Gasteiger partial charge in [-0.25, -0.2) is 0 Å². The van der Waals surface area contributed by atoms with Crippen LogP contribution in [0.3, 0.4) is 0 Å². The molecule has 0 aromatic heterocycles. The lowest BCUT2D eigenvalue weighted by Gasteiger charge is -2.30. The molecule has 0 aromatic rings. The van der Waals surface area contributed by atoms with Crippen LogP contribution in [0.1, 0.15) is 27.2 Å². The van der Waals surface area contributed by atoms with E-state index in [4.69, 9.17) is 22.7 Å². The van der Waals surface area contributed by atoms with Crippen molar-refractivity contribution in [1.82, 2.24) is 5.32 Å². The van der Waals surface area contributed by atoms with Gasteiger partial charge in [-0.05, 0) is 27.2 Å². The lowest BCUT2D eigenvalue weighted by atomic mass is 9.93. The van der Waals surface area contributed by atoms with Gasteiger partial charge in [-0.1, -0.05) is 12.2 Å². The summed E-state index contributed by atoms with van der Waals surface area (Å²) in [7, 11) is 0. The first-order valence-electron chi connectivity index (χ1n) is 5.10. The van der Waals surface area contributed by atoms with Gasteiger partial charge < -0.3 is 15.8 Å². The molecule has 0 spiro atoms. The third-order valence-electron chi connectivity index (χ3n) is 3.12. The fourth-order valence-electron chi connectivity index (χ4n) is 1.52. The Morgan fingerprint density at radius 2 is 2.33 bits per heavy atom. The highest BCUT2D eigenvalue weighted by molar-refractivity contribution is 7.80. The summed E-state index contributed by atoms with van der Waals surface area (Å²) >= 11 is 4.79. The summed E-state index contributed by atoms with van der Waals surface area (Å²) in [6.45, 7) is 6.33. The largest absolute Gasteiger partial charge is 0.393 e. The van der Waals surface area contributed by atoms with E-state index in [9.17, 15) is 4.79 Å². The molecule has 1 saturated heterocycles. The smallest absolute Gasteiger partial charge is 0.230 e. The van der Waals surface area contributed by atoms with Crippen LogP contribution >= 0.6 is 12.2 Å². The molecule has 1 aliphatic rings. The van der Waals surface area contributed by atoms with Gasteiger partial charge in [-0.3, -0.25) is 4.79 Å². The number of rotatable bonds is 3. The molecule has 0 aromatic carbocycles. The highest BCUT2D eigenvalue weighted by Crippen LogP contribution is 2.25. The summed E-state index contributed by atoms with van der Waals surface area (Å²) < 4.78 is 5.43. The van der Waals surface area contributed by atoms with Gasteiger partial charge in [-0.2, -0.15) is 0 Å². The van der Waals surface area contributed by atoms with Crippen molar-refractivity contribution in [1.29, 1.82) is 0 Å². The number of hydrogen-bond acceptors (Lipinski definition) is 3. The van der Waals surface area contributed by atoms with Gasteiger partial charge >= 0.3 is 0 Å². The van der Waals surface area contributed by atoms with E-state index in [0.717, 1.165) is 6.42 Å². The van der Waals surface area contributed by atoms with Crippen LogP contribution in [0.5, 0.6) is 0 Å². The van der Waals surface area contributed by atoms with E-state index in [1.807, 2.05) is 13.8 Å². The second-order valence-electron chi connectivity index (χ2n) is 4.29. The number of ether oxygens (including phenoxy) is 1. The normalized spacial score (nSPS) is 32.3. The van der Waals surface area contributed by atoms with Crippen molar-refractivity contribution < 1.29 is 9.53 Å². The van der Waals surface area contributed by atoms with E-state index in [-0.39, 0.29) is 22.5 Å². The average molecular weight is 230 g/mol. The SMILES string of the molecule is CC(C(=O)NC1(C)CCOC1C)C(N)=S. The van der Waals surface area contributed by atoms with Crippen LogP contribution in [0.4, 0.5) is 0 Å². The Labute approximate surface area is 95.5 Å². The zero-order valence-corrected chi connectivity index (χ0v) is 10.2. The fraction of sp³-hybridized carbons (Fsp3) is 0.800. The zero-order valence-electron chi connectivity index (χ0n) is 9.37. The molecule has 4 nitrogen and oxygen atoms in total. The van der Waals surface area contributed by atoms with E-state index < -0.39 is 5.92 Å². The minimum absolute atomic E-state index is 0.0278. The number of carbonyl (C=O) groups excluding carboxylic acids is 1. The molecule has 15 heavy (non-hydrogen) atoms.